The number of fused-ring (bicyclic) bond motifs is 1. The van der Waals surface area contributed by atoms with E-state index in [0.29, 0.717) is 6.04 Å². The molecule has 3 aromatic rings. The van der Waals surface area contributed by atoms with Gasteiger partial charge >= 0.3 is 0 Å². The third-order valence-electron chi connectivity index (χ3n) is 5.76. The first kappa shape index (κ1) is 18.6. The van der Waals surface area contributed by atoms with Crippen LogP contribution in [0.5, 0.6) is 0 Å². The number of nitrogens with zero attached hydrogens (tertiary/aromatic N) is 3. The number of hydrogen-bond donors (Lipinski definition) is 0. The number of piperidine rings is 1. The van der Waals surface area contributed by atoms with Crippen molar-refractivity contribution in [2.75, 3.05) is 13.1 Å². The van der Waals surface area contributed by atoms with Crippen LogP contribution in [0.2, 0.25) is 0 Å². The van der Waals surface area contributed by atoms with Crippen molar-refractivity contribution in [3.05, 3.63) is 57.9 Å². The third kappa shape index (κ3) is 4.22. The molecule has 4 rings (SSSR count). The Morgan fingerprint density at radius 1 is 1.11 bits per heavy atom. The molecule has 1 aliphatic heterocycles. The van der Waals surface area contributed by atoms with Gasteiger partial charge in [-0.15, -0.1) is 11.3 Å². The van der Waals surface area contributed by atoms with Gasteiger partial charge in [0.05, 0.1) is 15.2 Å². The minimum absolute atomic E-state index is 0.445. The predicted octanol–water partition coefficient (Wildman–Crippen LogP) is 5.63. The molecule has 1 saturated heterocycles. The Balaban J connectivity index is 1.47. The molecule has 0 N–H and O–H groups in total. The van der Waals surface area contributed by atoms with E-state index in [1.807, 2.05) is 0 Å². The lowest BCUT2D eigenvalue weighted by molar-refractivity contribution is 0.131. The van der Waals surface area contributed by atoms with Gasteiger partial charge in [-0.2, -0.15) is 0 Å². The van der Waals surface area contributed by atoms with E-state index < -0.39 is 0 Å². The first-order chi connectivity index (χ1) is 13.0. The van der Waals surface area contributed by atoms with Crippen molar-refractivity contribution in [3.8, 4) is 0 Å². The highest BCUT2D eigenvalue weighted by Crippen LogP contribution is 2.31. The maximum atomic E-state index is 4.68. The Kier molecular flexibility index (Phi) is 5.29. The van der Waals surface area contributed by atoms with E-state index in [4.69, 9.17) is 0 Å². The maximum absolute atomic E-state index is 4.68. The number of benzene rings is 1. The van der Waals surface area contributed by atoms with Crippen molar-refractivity contribution in [1.82, 2.24) is 14.9 Å². The molecule has 27 heavy (non-hydrogen) atoms. The molecule has 1 aliphatic rings. The Morgan fingerprint density at radius 2 is 1.89 bits per heavy atom. The van der Waals surface area contributed by atoms with Crippen LogP contribution in [0.25, 0.3) is 10.2 Å². The standard InChI is InChI=1S/C23H29N3S/c1-15-10-20(11-16(2)24-15)12-19-6-5-9-26(14-19)17(3)21-7-8-23-22(13-21)25-18(4)27-23/h7-8,10-11,13,17,19H,5-6,9,12,14H2,1-4H3. The molecule has 2 atom stereocenters. The highest BCUT2D eigenvalue weighted by atomic mass is 32.1. The number of aromatic nitrogens is 2. The van der Waals surface area contributed by atoms with Crippen LogP contribution in [-0.4, -0.2) is 28.0 Å². The molecule has 3 heterocycles. The van der Waals surface area contributed by atoms with E-state index in [0.717, 1.165) is 34.3 Å². The highest BCUT2D eigenvalue weighted by molar-refractivity contribution is 7.18. The van der Waals surface area contributed by atoms with Crippen molar-refractivity contribution in [3.63, 3.8) is 0 Å². The lowest BCUT2D eigenvalue weighted by Crippen LogP contribution is -2.38. The summed E-state index contributed by atoms with van der Waals surface area (Å²) in [6, 6.07) is 11.8. The number of hydrogen-bond acceptors (Lipinski definition) is 4. The van der Waals surface area contributed by atoms with Gasteiger partial charge in [0.1, 0.15) is 0 Å². The topological polar surface area (TPSA) is 29.0 Å². The molecule has 2 aromatic heterocycles. The quantitative estimate of drug-likeness (QED) is 0.588. The number of rotatable bonds is 4. The molecule has 0 aliphatic carbocycles. The van der Waals surface area contributed by atoms with Gasteiger partial charge in [-0.05, 0) is 94.8 Å². The summed E-state index contributed by atoms with van der Waals surface area (Å²) in [6.45, 7) is 11.0. The van der Waals surface area contributed by atoms with Crippen molar-refractivity contribution >= 4 is 21.6 Å². The molecule has 3 nitrogen and oxygen atoms in total. The van der Waals surface area contributed by atoms with Gasteiger partial charge in [-0.3, -0.25) is 9.88 Å². The number of thiazole rings is 1. The lowest BCUT2D eigenvalue weighted by atomic mass is 9.89. The first-order valence-corrected chi connectivity index (χ1v) is 10.8. The summed E-state index contributed by atoms with van der Waals surface area (Å²) in [7, 11) is 0. The van der Waals surface area contributed by atoms with E-state index in [1.165, 1.54) is 41.8 Å². The molecule has 0 radical (unpaired) electrons. The molecule has 2 unspecified atom stereocenters. The van der Waals surface area contributed by atoms with Crippen LogP contribution in [-0.2, 0) is 6.42 Å². The highest BCUT2D eigenvalue weighted by Gasteiger charge is 2.25. The molecule has 1 aromatic carbocycles. The molecular weight excluding hydrogens is 350 g/mol. The summed E-state index contributed by atoms with van der Waals surface area (Å²) in [5, 5.41) is 1.15. The zero-order valence-electron chi connectivity index (χ0n) is 16.8. The van der Waals surface area contributed by atoms with Gasteiger partial charge < -0.3 is 0 Å². The van der Waals surface area contributed by atoms with E-state index in [9.17, 15) is 0 Å². The Labute approximate surface area is 166 Å². The zero-order chi connectivity index (χ0) is 19.0. The molecule has 0 spiro atoms. The van der Waals surface area contributed by atoms with Crippen LogP contribution in [0.4, 0.5) is 0 Å². The van der Waals surface area contributed by atoms with Gasteiger partial charge in [-0.25, -0.2) is 4.98 Å². The second kappa shape index (κ2) is 7.69. The van der Waals surface area contributed by atoms with Crippen LogP contribution < -0.4 is 0 Å². The minimum atomic E-state index is 0.445. The summed E-state index contributed by atoms with van der Waals surface area (Å²) in [5.74, 6) is 0.729. The van der Waals surface area contributed by atoms with Gasteiger partial charge in [0, 0.05) is 24.0 Å². The first-order valence-electron chi connectivity index (χ1n) is 10.0. The predicted molar refractivity (Wildman–Crippen MR) is 114 cm³/mol. The van der Waals surface area contributed by atoms with E-state index in [-0.39, 0.29) is 0 Å². The fraction of sp³-hybridized carbons (Fsp3) is 0.478. The molecule has 0 saturated carbocycles. The van der Waals surface area contributed by atoms with Crippen LogP contribution >= 0.6 is 11.3 Å². The summed E-state index contributed by atoms with van der Waals surface area (Å²) >= 11 is 1.78. The molecule has 1 fully saturated rings. The monoisotopic (exact) mass is 379 g/mol. The molecule has 142 valence electrons. The smallest absolute Gasteiger partial charge is 0.0907 e. The van der Waals surface area contributed by atoms with Gasteiger partial charge in [-0.1, -0.05) is 6.07 Å². The van der Waals surface area contributed by atoms with E-state index >= 15 is 0 Å². The Hall–Kier alpha value is -1.78. The largest absolute Gasteiger partial charge is 0.296 e. The van der Waals surface area contributed by atoms with E-state index in [2.05, 4.69) is 72.9 Å². The molecule has 4 heteroatoms. The number of pyridine rings is 1. The number of likely N-dealkylation sites (tertiary alicyclic amines) is 1. The fourth-order valence-corrected chi connectivity index (χ4v) is 5.33. The third-order valence-corrected chi connectivity index (χ3v) is 6.72. The SMILES string of the molecule is Cc1cc(CC2CCCN(C(C)c3ccc4sc(C)nc4c3)C2)cc(C)n1. The lowest BCUT2D eigenvalue weighted by Gasteiger charge is -2.37. The normalized spacial score (nSPS) is 19.5. The van der Waals surface area contributed by atoms with Crippen molar-refractivity contribution < 1.29 is 0 Å². The van der Waals surface area contributed by atoms with Gasteiger partial charge in [0.15, 0.2) is 0 Å². The summed E-state index contributed by atoms with van der Waals surface area (Å²) in [4.78, 5) is 11.9. The summed E-state index contributed by atoms with van der Waals surface area (Å²) in [6.07, 6.45) is 3.78. The zero-order valence-corrected chi connectivity index (χ0v) is 17.6. The summed E-state index contributed by atoms with van der Waals surface area (Å²) in [5.41, 5.74) is 6.26. The van der Waals surface area contributed by atoms with Gasteiger partial charge in [0.2, 0.25) is 0 Å². The Bertz CT molecular complexity index is 926. The van der Waals surface area contributed by atoms with Crippen LogP contribution in [0.15, 0.2) is 30.3 Å². The van der Waals surface area contributed by atoms with Crippen molar-refractivity contribution in [2.45, 2.75) is 53.0 Å². The maximum Gasteiger partial charge on any atom is 0.0907 e. The molecule has 0 bridgehead atoms. The van der Waals surface area contributed by atoms with Crippen molar-refractivity contribution in [1.29, 1.82) is 0 Å². The van der Waals surface area contributed by atoms with Crippen LogP contribution in [0, 0.1) is 26.7 Å². The molecular formula is C23H29N3S. The summed E-state index contributed by atoms with van der Waals surface area (Å²) < 4.78 is 1.29. The van der Waals surface area contributed by atoms with Gasteiger partial charge in [0.25, 0.3) is 0 Å². The van der Waals surface area contributed by atoms with Crippen LogP contribution in [0.1, 0.15) is 53.3 Å². The minimum Gasteiger partial charge on any atom is -0.296 e. The van der Waals surface area contributed by atoms with E-state index in [1.54, 1.807) is 11.3 Å². The molecule has 0 amide bonds. The fourth-order valence-electron chi connectivity index (χ4n) is 4.52. The average Bonchev–Trinajstić information content (AvgIpc) is 2.99. The second-order valence-corrected chi connectivity index (χ2v) is 9.34. The number of aryl methyl sites for hydroxylation is 3. The Morgan fingerprint density at radius 3 is 2.67 bits per heavy atom. The average molecular weight is 380 g/mol. The van der Waals surface area contributed by atoms with Crippen LogP contribution in [0.3, 0.4) is 0 Å². The van der Waals surface area contributed by atoms with Crippen molar-refractivity contribution in [2.24, 2.45) is 5.92 Å². The second-order valence-electron chi connectivity index (χ2n) is 8.10.